The highest BCUT2D eigenvalue weighted by Crippen LogP contribution is 2.45. The number of para-hydroxylation sites is 1. The van der Waals surface area contributed by atoms with Gasteiger partial charge in [0.05, 0.1) is 7.11 Å². The molecule has 1 heterocycles. The molecule has 2 aromatic carbocycles. The van der Waals surface area contributed by atoms with Gasteiger partial charge in [0, 0.05) is 11.4 Å². The van der Waals surface area contributed by atoms with Gasteiger partial charge in [-0.3, -0.25) is 4.90 Å². The molecule has 3 rings (SSSR count). The lowest BCUT2D eigenvalue weighted by atomic mass is 10.2. The van der Waals surface area contributed by atoms with Crippen LogP contribution in [0.15, 0.2) is 59.5 Å². The summed E-state index contributed by atoms with van der Waals surface area (Å²) in [5.74, 6) is 0.976. The Bertz CT molecular complexity index is 879. The van der Waals surface area contributed by atoms with Crippen molar-refractivity contribution in [1.82, 2.24) is 4.90 Å². The molecule has 0 bridgehead atoms. The molecule has 160 valence electrons. The maximum atomic E-state index is 12.8. The van der Waals surface area contributed by atoms with E-state index in [1.165, 1.54) is 23.8 Å². The lowest BCUT2D eigenvalue weighted by molar-refractivity contribution is -0.147. The molecule has 1 fully saturated rings. The average Bonchev–Trinajstić information content (AvgIpc) is 3.13. The van der Waals surface area contributed by atoms with E-state index in [9.17, 15) is 9.59 Å². The molecule has 0 saturated carbocycles. The molecule has 0 N–H and O–H groups in total. The Labute approximate surface area is 181 Å². The molecule has 2 aromatic rings. The van der Waals surface area contributed by atoms with E-state index in [1.807, 2.05) is 54.6 Å². The molecule has 1 unspecified atom stereocenters. The number of hydrogen-bond acceptors (Lipinski definition) is 6. The van der Waals surface area contributed by atoms with E-state index < -0.39 is 22.5 Å². The van der Waals surface area contributed by atoms with Crippen LogP contribution in [0.3, 0.4) is 0 Å². The zero-order valence-electron chi connectivity index (χ0n) is 17.7. The first-order chi connectivity index (χ1) is 14.2. The van der Waals surface area contributed by atoms with Gasteiger partial charge in [0.2, 0.25) is 0 Å². The van der Waals surface area contributed by atoms with Gasteiger partial charge in [-0.05, 0) is 70.0 Å². The highest BCUT2D eigenvalue weighted by Gasteiger charge is 2.53. The maximum Gasteiger partial charge on any atom is 0.411 e. The molecule has 0 aromatic heterocycles. The molecule has 1 amide bonds. The summed E-state index contributed by atoms with van der Waals surface area (Å²) >= 11 is 1.30. The molecule has 1 aliphatic heterocycles. The van der Waals surface area contributed by atoms with Crippen LogP contribution < -0.4 is 4.74 Å². The fourth-order valence-electron chi connectivity index (χ4n) is 3.26. The summed E-state index contributed by atoms with van der Waals surface area (Å²) in [6, 6.07) is 16.9. The molecule has 30 heavy (non-hydrogen) atoms. The van der Waals surface area contributed by atoms with Gasteiger partial charge in [0.25, 0.3) is 0 Å². The molecule has 0 aliphatic carbocycles. The minimum Gasteiger partial charge on any atom is -0.467 e. The topological polar surface area (TPSA) is 65.1 Å². The molecular weight excluding hydrogens is 402 g/mol. The van der Waals surface area contributed by atoms with Crippen LogP contribution in [0.2, 0.25) is 0 Å². The van der Waals surface area contributed by atoms with Gasteiger partial charge < -0.3 is 14.2 Å². The summed E-state index contributed by atoms with van der Waals surface area (Å²) in [6.07, 6.45) is 0.671. The second kappa shape index (κ2) is 9.00. The molecule has 7 heteroatoms. The van der Waals surface area contributed by atoms with E-state index >= 15 is 0 Å². The normalized spacial score (nSPS) is 18.7. The lowest BCUT2D eigenvalue weighted by Crippen LogP contribution is -2.52. The second-order valence-electron chi connectivity index (χ2n) is 8.00. The van der Waals surface area contributed by atoms with Gasteiger partial charge in [-0.2, -0.15) is 0 Å². The van der Waals surface area contributed by atoms with Crippen molar-refractivity contribution in [3.05, 3.63) is 54.6 Å². The van der Waals surface area contributed by atoms with Crippen molar-refractivity contribution in [3.8, 4) is 11.5 Å². The summed E-state index contributed by atoms with van der Waals surface area (Å²) < 4.78 is 16.5. The number of nitrogens with zero attached hydrogens (tertiary/aromatic N) is 1. The third-order valence-electron chi connectivity index (χ3n) is 4.54. The van der Waals surface area contributed by atoms with Crippen molar-refractivity contribution in [2.45, 2.75) is 49.0 Å². The number of carbonyl (C=O) groups excluding carboxylic acids is 2. The van der Waals surface area contributed by atoms with Crippen molar-refractivity contribution in [2.75, 3.05) is 13.7 Å². The lowest BCUT2D eigenvalue weighted by Gasteiger charge is -2.36. The molecule has 1 aliphatic rings. The summed E-state index contributed by atoms with van der Waals surface area (Å²) in [7, 11) is 1.34. The van der Waals surface area contributed by atoms with Gasteiger partial charge >= 0.3 is 12.1 Å². The number of esters is 1. The number of amides is 1. The van der Waals surface area contributed by atoms with Gasteiger partial charge in [0.15, 0.2) is 4.87 Å². The summed E-state index contributed by atoms with van der Waals surface area (Å²) in [5.41, 5.74) is -0.650. The Morgan fingerprint density at radius 1 is 1.00 bits per heavy atom. The zero-order chi connectivity index (χ0) is 21.8. The van der Waals surface area contributed by atoms with E-state index in [0.29, 0.717) is 25.1 Å². The Balaban J connectivity index is 1.80. The standard InChI is InChI=1S/C23H27NO5S/c1-22(2,3)29-21(26)24-16-8-15-23(24,20(25)27-4)30-19-13-11-18(12-14-19)28-17-9-6-5-7-10-17/h5-7,9-14H,8,15-16H2,1-4H3. The monoisotopic (exact) mass is 429 g/mol. The Morgan fingerprint density at radius 3 is 2.23 bits per heavy atom. The third kappa shape index (κ3) is 5.08. The van der Waals surface area contributed by atoms with E-state index in [4.69, 9.17) is 14.2 Å². The van der Waals surface area contributed by atoms with Crippen LogP contribution in [0, 0.1) is 0 Å². The van der Waals surface area contributed by atoms with Crippen LogP contribution in [-0.4, -0.2) is 41.1 Å². The van der Waals surface area contributed by atoms with Crippen LogP contribution >= 0.6 is 11.8 Å². The highest BCUT2D eigenvalue weighted by molar-refractivity contribution is 8.01. The summed E-state index contributed by atoms with van der Waals surface area (Å²) in [6.45, 7) is 5.85. The Morgan fingerprint density at radius 2 is 1.63 bits per heavy atom. The number of ether oxygens (including phenoxy) is 3. The van der Waals surface area contributed by atoms with E-state index in [-0.39, 0.29) is 0 Å². The number of likely N-dealkylation sites (tertiary alicyclic amines) is 1. The van der Waals surface area contributed by atoms with Gasteiger partial charge in [0.1, 0.15) is 17.1 Å². The molecule has 6 nitrogen and oxygen atoms in total. The van der Waals surface area contributed by atoms with Crippen molar-refractivity contribution in [1.29, 1.82) is 0 Å². The highest BCUT2D eigenvalue weighted by atomic mass is 32.2. The fourth-order valence-corrected chi connectivity index (χ4v) is 4.61. The summed E-state index contributed by atoms with van der Waals surface area (Å²) in [4.78, 5) is 26.8. The summed E-state index contributed by atoms with van der Waals surface area (Å²) in [5, 5.41) is 0. The van der Waals surface area contributed by atoms with E-state index in [0.717, 1.165) is 10.6 Å². The largest absolute Gasteiger partial charge is 0.467 e. The van der Waals surface area contributed by atoms with Crippen LogP contribution in [-0.2, 0) is 14.3 Å². The molecule has 1 atom stereocenters. The fraction of sp³-hybridized carbons (Fsp3) is 0.391. The Hall–Kier alpha value is -2.67. The Kier molecular flexibility index (Phi) is 6.61. The zero-order valence-corrected chi connectivity index (χ0v) is 18.5. The quantitative estimate of drug-likeness (QED) is 0.587. The number of methoxy groups -OCH3 is 1. The van der Waals surface area contributed by atoms with Crippen LogP contribution in [0.1, 0.15) is 33.6 Å². The minimum atomic E-state index is -1.15. The van der Waals surface area contributed by atoms with E-state index in [2.05, 4.69) is 0 Å². The van der Waals surface area contributed by atoms with Crippen molar-refractivity contribution < 1.29 is 23.8 Å². The second-order valence-corrected chi connectivity index (χ2v) is 9.35. The van der Waals surface area contributed by atoms with Crippen LogP contribution in [0.4, 0.5) is 4.79 Å². The number of thioether (sulfide) groups is 1. The van der Waals surface area contributed by atoms with Crippen LogP contribution in [0.5, 0.6) is 11.5 Å². The van der Waals surface area contributed by atoms with Gasteiger partial charge in [-0.15, -0.1) is 0 Å². The predicted molar refractivity (Wildman–Crippen MR) is 116 cm³/mol. The number of carbonyl (C=O) groups is 2. The first-order valence-corrected chi connectivity index (χ1v) is 10.7. The number of rotatable bonds is 5. The van der Waals surface area contributed by atoms with Gasteiger partial charge in [-0.25, -0.2) is 9.59 Å². The number of benzene rings is 2. The smallest absolute Gasteiger partial charge is 0.411 e. The third-order valence-corrected chi connectivity index (χ3v) is 5.98. The SMILES string of the molecule is COC(=O)C1(Sc2ccc(Oc3ccccc3)cc2)CCCN1C(=O)OC(C)(C)C. The van der Waals surface area contributed by atoms with Crippen molar-refractivity contribution >= 4 is 23.8 Å². The van der Waals surface area contributed by atoms with E-state index in [1.54, 1.807) is 20.8 Å². The van der Waals surface area contributed by atoms with Crippen molar-refractivity contribution in [2.24, 2.45) is 0 Å². The maximum absolute atomic E-state index is 12.8. The molecule has 0 radical (unpaired) electrons. The first-order valence-electron chi connectivity index (χ1n) is 9.84. The van der Waals surface area contributed by atoms with Crippen molar-refractivity contribution in [3.63, 3.8) is 0 Å². The number of hydrogen-bond donors (Lipinski definition) is 0. The minimum absolute atomic E-state index is 0.437. The molecule has 1 saturated heterocycles. The predicted octanol–water partition coefficient (Wildman–Crippen LogP) is 5.47. The average molecular weight is 430 g/mol. The molecular formula is C23H27NO5S. The first kappa shape index (κ1) is 22.0. The molecule has 0 spiro atoms. The van der Waals surface area contributed by atoms with Gasteiger partial charge in [-0.1, -0.05) is 30.0 Å². The van der Waals surface area contributed by atoms with Crippen LogP contribution in [0.25, 0.3) is 0 Å².